The van der Waals surface area contributed by atoms with Crippen molar-refractivity contribution in [2.24, 2.45) is 0 Å². The summed E-state index contributed by atoms with van der Waals surface area (Å²) in [4.78, 5) is 10.2. The molecule has 1 aromatic rings. The van der Waals surface area contributed by atoms with Gasteiger partial charge in [0.2, 0.25) is 0 Å². The Balaban J connectivity index is 0. The largest absolute Gasteiger partial charge is 1.00 e. The van der Waals surface area contributed by atoms with Crippen LogP contribution in [0.4, 0.5) is 0 Å². The van der Waals surface area contributed by atoms with E-state index in [1.807, 2.05) is 0 Å². The summed E-state index contributed by atoms with van der Waals surface area (Å²) >= 11 is 3.70. The summed E-state index contributed by atoms with van der Waals surface area (Å²) < 4.78 is 0. The van der Waals surface area contributed by atoms with Crippen LogP contribution in [0.25, 0.3) is 0 Å². The molecule has 0 aliphatic carbocycles. The van der Waals surface area contributed by atoms with Gasteiger partial charge in [-0.25, -0.2) is 10.1 Å². The molecule has 1 rings (SSSR count). The summed E-state index contributed by atoms with van der Waals surface area (Å²) in [5.74, 6) is -0.879. The number of benzene rings is 1. The van der Waals surface area contributed by atoms with Gasteiger partial charge >= 0.3 is 35.5 Å². The molecule has 0 aliphatic rings. The van der Waals surface area contributed by atoms with E-state index in [2.05, 4.69) is 12.6 Å². The smallest absolute Gasteiger partial charge is 0.696 e. The minimum atomic E-state index is -0.879. The number of carboxylic acid groups (broad SMARTS) is 1. The molecule has 0 heterocycles. The fraction of sp³-hybridized carbons (Fsp3) is 0. The fourth-order valence-electron chi connectivity index (χ4n) is 0.581. The van der Waals surface area contributed by atoms with Gasteiger partial charge in [-0.2, -0.15) is 0 Å². The molecule has 62 valence electrons. The maximum Gasteiger partial charge on any atom is 1.00 e. The molecule has 0 spiro atoms. The number of carbonyl (C=O) groups is 1. The topological polar surface area (TPSA) is 61.1 Å². The molecular formula is C8H6NNaO2S. The van der Waals surface area contributed by atoms with Gasteiger partial charge in [0.1, 0.15) is 0 Å². The summed E-state index contributed by atoms with van der Waals surface area (Å²) in [6.45, 7) is 0. The van der Waals surface area contributed by atoms with E-state index in [1.165, 1.54) is 5.40 Å². The van der Waals surface area contributed by atoms with Crippen LogP contribution in [-0.2, 0) is 12.6 Å². The molecule has 1 N–H and O–H groups in total. The second kappa shape index (κ2) is 9.49. The second-order valence-corrected chi connectivity index (χ2v) is 1.95. The van der Waals surface area contributed by atoms with Gasteiger partial charge in [-0.05, 0) is 12.1 Å². The van der Waals surface area contributed by atoms with Crippen LogP contribution in [-0.4, -0.2) is 11.1 Å². The van der Waals surface area contributed by atoms with Crippen molar-refractivity contribution in [3.63, 3.8) is 0 Å². The zero-order valence-electron chi connectivity index (χ0n) is 7.10. The SMILES string of the molecule is N#C[S-].O=C(O)c1ccccc1.[Na+]. The molecular weight excluding hydrogens is 197 g/mol. The molecule has 0 atom stereocenters. The van der Waals surface area contributed by atoms with Crippen molar-refractivity contribution in [3.8, 4) is 5.40 Å². The molecule has 0 bridgehead atoms. The van der Waals surface area contributed by atoms with Gasteiger partial charge < -0.3 is 17.7 Å². The normalized spacial score (nSPS) is 6.69. The molecule has 0 amide bonds. The van der Waals surface area contributed by atoms with Gasteiger partial charge in [-0.15, -0.1) is 0 Å². The third-order valence-corrected chi connectivity index (χ3v) is 1.02. The summed E-state index contributed by atoms with van der Waals surface area (Å²) in [6.07, 6.45) is 0. The standard InChI is InChI=1S/C7H6O2.CHNS.Na/c8-7(9)6-4-2-1-3-5-6;2-1-3;/h1-5H,(H,8,9);3H;/q;;+1/p-1. The van der Waals surface area contributed by atoms with Crippen molar-refractivity contribution in [1.29, 1.82) is 5.26 Å². The fourth-order valence-corrected chi connectivity index (χ4v) is 0.581. The van der Waals surface area contributed by atoms with Crippen LogP contribution in [0.5, 0.6) is 0 Å². The molecule has 0 saturated carbocycles. The third kappa shape index (κ3) is 7.75. The molecule has 0 fully saturated rings. The first-order valence-corrected chi connectivity index (χ1v) is 3.42. The average molecular weight is 203 g/mol. The maximum atomic E-state index is 10.2. The van der Waals surface area contributed by atoms with Crippen LogP contribution in [0.15, 0.2) is 30.3 Å². The van der Waals surface area contributed by atoms with E-state index in [0.29, 0.717) is 5.56 Å². The molecule has 13 heavy (non-hydrogen) atoms. The first kappa shape index (κ1) is 14.9. The Morgan fingerprint density at radius 1 is 1.38 bits per heavy atom. The van der Waals surface area contributed by atoms with Gasteiger partial charge in [-0.1, -0.05) is 23.6 Å². The van der Waals surface area contributed by atoms with E-state index in [-0.39, 0.29) is 29.6 Å². The van der Waals surface area contributed by atoms with Gasteiger partial charge in [0.05, 0.1) is 5.56 Å². The summed E-state index contributed by atoms with van der Waals surface area (Å²) in [5.41, 5.74) is 0.331. The van der Waals surface area contributed by atoms with E-state index in [9.17, 15) is 4.79 Å². The first-order chi connectivity index (χ1) is 5.72. The Bertz CT molecular complexity index is 284. The molecule has 3 nitrogen and oxygen atoms in total. The Kier molecular flexibility index (Phi) is 10.9. The Morgan fingerprint density at radius 2 is 1.77 bits per heavy atom. The number of thiocyanates is 1. The molecule has 5 heteroatoms. The molecule has 0 saturated heterocycles. The minimum Gasteiger partial charge on any atom is -0.696 e. The summed E-state index contributed by atoms with van der Waals surface area (Å²) in [6, 6.07) is 8.30. The Hall–Kier alpha value is -0.600. The maximum absolute atomic E-state index is 10.2. The van der Waals surface area contributed by atoms with Crippen LogP contribution in [0, 0.1) is 10.7 Å². The van der Waals surface area contributed by atoms with Gasteiger partial charge in [0.25, 0.3) is 0 Å². The molecule has 0 radical (unpaired) electrons. The average Bonchev–Trinajstić information content (AvgIpc) is 2.07. The first-order valence-electron chi connectivity index (χ1n) is 3.02. The number of hydrogen-bond donors (Lipinski definition) is 1. The van der Waals surface area contributed by atoms with Gasteiger partial charge in [0, 0.05) is 0 Å². The number of hydrogen-bond acceptors (Lipinski definition) is 3. The minimum absolute atomic E-state index is 0. The number of rotatable bonds is 1. The van der Waals surface area contributed by atoms with E-state index >= 15 is 0 Å². The van der Waals surface area contributed by atoms with Crippen molar-refractivity contribution in [3.05, 3.63) is 35.9 Å². The van der Waals surface area contributed by atoms with Gasteiger partial charge in [0.15, 0.2) is 0 Å². The van der Waals surface area contributed by atoms with E-state index < -0.39 is 5.97 Å². The van der Waals surface area contributed by atoms with Crippen LogP contribution >= 0.6 is 0 Å². The Morgan fingerprint density at radius 3 is 2.00 bits per heavy atom. The quantitative estimate of drug-likeness (QED) is 0.339. The molecule has 0 aromatic heterocycles. The zero-order valence-corrected chi connectivity index (χ0v) is 9.91. The van der Waals surface area contributed by atoms with Crippen molar-refractivity contribution in [1.82, 2.24) is 0 Å². The molecule has 0 aliphatic heterocycles. The van der Waals surface area contributed by atoms with Crippen LogP contribution in [0.3, 0.4) is 0 Å². The monoisotopic (exact) mass is 203 g/mol. The van der Waals surface area contributed by atoms with Crippen LogP contribution in [0.2, 0.25) is 0 Å². The third-order valence-electron chi connectivity index (χ3n) is 1.02. The van der Waals surface area contributed by atoms with Crippen LogP contribution in [0.1, 0.15) is 10.4 Å². The number of nitriles is 1. The predicted molar refractivity (Wildman–Crippen MR) is 46.4 cm³/mol. The number of nitrogens with zero attached hydrogens (tertiary/aromatic N) is 1. The van der Waals surface area contributed by atoms with Crippen LogP contribution < -0.4 is 29.6 Å². The van der Waals surface area contributed by atoms with Crippen molar-refractivity contribution >= 4 is 18.6 Å². The van der Waals surface area contributed by atoms with E-state index in [4.69, 9.17) is 10.4 Å². The van der Waals surface area contributed by atoms with Gasteiger partial charge in [-0.3, -0.25) is 0 Å². The number of aromatic carboxylic acids is 1. The molecule has 0 unspecified atom stereocenters. The zero-order chi connectivity index (χ0) is 9.40. The van der Waals surface area contributed by atoms with Crippen molar-refractivity contribution < 1.29 is 39.5 Å². The van der Waals surface area contributed by atoms with Crippen molar-refractivity contribution in [2.75, 3.05) is 0 Å². The molecule has 1 aromatic carbocycles. The van der Waals surface area contributed by atoms with E-state index in [1.54, 1.807) is 30.3 Å². The van der Waals surface area contributed by atoms with E-state index in [0.717, 1.165) is 0 Å². The van der Waals surface area contributed by atoms with Crippen molar-refractivity contribution in [2.45, 2.75) is 0 Å². The summed E-state index contributed by atoms with van der Waals surface area (Å²) in [5, 5.41) is 16.9. The second-order valence-electron chi connectivity index (χ2n) is 1.76. The predicted octanol–water partition coefficient (Wildman–Crippen LogP) is -1.60. The Labute approximate surface area is 104 Å². The number of carboxylic acids is 1. The summed E-state index contributed by atoms with van der Waals surface area (Å²) in [7, 11) is 0.